The molecule has 0 aromatic rings. The molecular formula is C63H112O16P2. The van der Waals surface area contributed by atoms with Gasteiger partial charge in [-0.15, -0.1) is 0 Å². The van der Waals surface area contributed by atoms with Crippen LogP contribution in [0.5, 0.6) is 0 Å². The van der Waals surface area contributed by atoms with Gasteiger partial charge in [0.1, 0.15) is 25.4 Å². The number of hydrogen-bond acceptors (Lipinski definition) is 14. The SMILES string of the molecule is CC/C=C\C/C=C\C/C=C\C/C=C\C/C=C\C/C=C\CCCCCCC(=O)OCC(O)COP(=O)(O)OCC(O)COP(=O)(O)OCC(COC(=O)CCCCCCCCCCCCC)OC(=O)CCCCCCCCCCCCC. The monoisotopic (exact) mass is 1190 g/mol. The van der Waals surface area contributed by atoms with Crippen molar-refractivity contribution < 1.29 is 75.8 Å². The van der Waals surface area contributed by atoms with Crippen LogP contribution in [0.3, 0.4) is 0 Å². The van der Waals surface area contributed by atoms with E-state index in [9.17, 15) is 43.5 Å². The molecule has 0 fully saturated rings. The maximum atomic E-state index is 12.8. The highest BCUT2D eigenvalue weighted by molar-refractivity contribution is 7.47. The number of phosphoric acid groups is 2. The molecule has 0 aliphatic carbocycles. The number of esters is 3. The third-order valence-corrected chi connectivity index (χ3v) is 14.8. The van der Waals surface area contributed by atoms with Crippen LogP contribution in [0.15, 0.2) is 72.9 Å². The molecule has 0 aromatic heterocycles. The summed E-state index contributed by atoms with van der Waals surface area (Å²) in [6, 6.07) is 0. The molecule has 81 heavy (non-hydrogen) atoms. The van der Waals surface area contributed by atoms with Crippen LogP contribution in [0, 0.1) is 0 Å². The van der Waals surface area contributed by atoms with Crippen LogP contribution in [-0.4, -0.2) is 95.9 Å². The van der Waals surface area contributed by atoms with Crippen LogP contribution in [0.25, 0.3) is 0 Å². The molecule has 0 rings (SSSR count). The van der Waals surface area contributed by atoms with Gasteiger partial charge in [0.25, 0.3) is 0 Å². The fourth-order valence-electron chi connectivity index (χ4n) is 8.16. The van der Waals surface area contributed by atoms with Crippen molar-refractivity contribution in [2.45, 2.75) is 270 Å². The standard InChI is InChI=1S/C63H112O16P2/c1-4-7-10-13-16-19-22-23-24-25-26-27-28-29-30-31-32-33-36-38-40-43-46-49-61(66)73-52-58(64)53-75-80(69,70)76-54-59(65)55-77-81(71,72)78-57-60(79-63(68)51-48-45-42-39-35-21-18-15-12-9-6-3)56-74-62(67)50-47-44-41-37-34-20-17-14-11-8-5-2/h7,10,16,19,23-24,26-27,29-30,32-33,58-60,64-65H,4-6,8-9,11-15,17-18,20-22,25,28,31,34-57H2,1-3H3,(H,69,70)(H,71,72)/b10-7-,19-16-,24-23-,27-26-,30-29-,33-32-. The molecular weight excluding hydrogens is 1070 g/mol. The second-order valence-corrected chi connectivity index (χ2v) is 23.8. The first-order chi connectivity index (χ1) is 39.2. The lowest BCUT2D eigenvalue weighted by atomic mass is 10.1. The van der Waals surface area contributed by atoms with Crippen molar-refractivity contribution in [1.82, 2.24) is 0 Å². The van der Waals surface area contributed by atoms with Crippen LogP contribution in [0.4, 0.5) is 0 Å². The predicted molar refractivity (Wildman–Crippen MR) is 325 cm³/mol. The van der Waals surface area contributed by atoms with Gasteiger partial charge in [0, 0.05) is 19.3 Å². The Morgan fingerprint density at radius 3 is 1.04 bits per heavy atom. The Balaban J connectivity index is 4.53. The van der Waals surface area contributed by atoms with E-state index in [0.717, 1.165) is 109 Å². The van der Waals surface area contributed by atoms with Crippen molar-refractivity contribution >= 4 is 33.6 Å². The van der Waals surface area contributed by atoms with Gasteiger partial charge in [-0.3, -0.25) is 32.5 Å². The zero-order chi connectivity index (χ0) is 59.6. The predicted octanol–water partition coefficient (Wildman–Crippen LogP) is 16.4. The number of rotatable bonds is 59. The molecule has 470 valence electrons. The van der Waals surface area contributed by atoms with Gasteiger partial charge in [0.05, 0.1) is 26.4 Å². The van der Waals surface area contributed by atoms with E-state index >= 15 is 0 Å². The first-order valence-corrected chi connectivity index (χ1v) is 34.2. The van der Waals surface area contributed by atoms with Crippen molar-refractivity contribution in [2.24, 2.45) is 0 Å². The fraction of sp³-hybridized carbons (Fsp3) is 0.762. The molecule has 0 amide bonds. The molecule has 0 spiro atoms. The summed E-state index contributed by atoms with van der Waals surface area (Å²) in [4.78, 5) is 58.0. The molecule has 0 aromatic carbocycles. The van der Waals surface area contributed by atoms with Gasteiger partial charge in [-0.25, -0.2) is 9.13 Å². The molecule has 18 heteroatoms. The molecule has 0 saturated carbocycles. The number of aliphatic hydroxyl groups excluding tert-OH is 2. The van der Waals surface area contributed by atoms with Crippen LogP contribution in [0.2, 0.25) is 0 Å². The Kier molecular flexibility index (Phi) is 55.3. The lowest BCUT2D eigenvalue weighted by Crippen LogP contribution is -2.30. The molecule has 5 atom stereocenters. The van der Waals surface area contributed by atoms with Gasteiger partial charge in [-0.05, 0) is 70.6 Å². The van der Waals surface area contributed by atoms with Crippen LogP contribution in [0.1, 0.15) is 252 Å². The van der Waals surface area contributed by atoms with Crippen molar-refractivity contribution in [3.8, 4) is 0 Å². The number of carbonyl (C=O) groups excluding carboxylic acids is 3. The average Bonchev–Trinajstić information content (AvgIpc) is 3.45. The summed E-state index contributed by atoms with van der Waals surface area (Å²) in [5, 5.41) is 20.5. The van der Waals surface area contributed by atoms with Gasteiger partial charge in [0.15, 0.2) is 6.10 Å². The molecule has 0 heterocycles. The average molecular weight is 1190 g/mol. The Morgan fingerprint density at radius 1 is 0.358 bits per heavy atom. The fourth-order valence-corrected chi connectivity index (χ4v) is 9.75. The first-order valence-electron chi connectivity index (χ1n) is 31.2. The van der Waals surface area contributed by atoms with Crippen molar-refractivity contribution in [2.75, 3.05) is 39.6 Å². The number of phosphoric ester groups is 2. The van der Waals surface area contributed by atoms with E-state index in [2.05, 4.69) is 93.7 Å². The van der Waals surface area contributed by atoms with E-state index in [1.54, 1.807) is 0 Å². The molecule has 0 saturated heterocycles. The lowest BCUT2D eigenvalue weighted by Gasteiger charge is -2.21. The third-order valence-electron chi connectivity index (χ3n) is 12.9. The lowest BCUT2D eigenvalue weighted by molar-refractivity contribution is -0.161. The molecule has 0 aliphatic rings. The Morgan fingerprint density at radius 2 is 0.654 bits per heavy atom. The summed E-state index contributed by atoms with van der Waals surface area (Å²) < 4.78 is 60.6. The maximum absolute atomic E-state index is 12.8. The highest BCUT2D eigenvalue weighted by Gasteiger charge is 2.29. The van der Waals surface area contributed by atoms with Gasteiger partial charge in [-0.1, -0.05) is 235 Å². The maximum Gasteiger partial charge on any atom is 0.472 e. The number of allylic oxidation sites excluding steroid dienone is 12. The molecule has 5 unspecified atom stereocenters. The normalized spacial score (nSPS) is 14.9. The van der Waals surface area contributed by atoms with Crippen molar-refractivity contribution in [3.63, 3.8) is 0 Å². The highest BCUT2D eigenvalue weighted by Crippen LogP contribution is 2.45. The molecule has 0 radical (unpaired) electrons. The van der Waals surface area contributed by atoms with Gasteiger partial charge in [-0.2, -0.15) is 0 Å². The minimum absolute atomic E-state index is 0.110. The summed E-state index contributed by atoms with van der Waals surface area (Å²) in [6.45, 7) is 2.50. The second kappa shape index (κ2) is 57.4. The summed E-state index contributed by atoms with van der Waals surface area (Å²) in [5.74, 6) is -1.59. The van der Waals surface area contributed by atoms with E-state index in [-0.39, 0.29) is 19.3 Å². The van der Waals surface area contributed by atoms with Crippen LogP contribution < -0.4 is 0 Å². The minimum Gasteiger partial charge on any atom is -0.463 e. The summed E-state index contributed by atoms with van der Waals surface area (Å²) in [7, 11) is -9.75. The van der Waals surface area contributed by atoms with E-state index in [0.29, 0.717) is 19.3 Å². The minimum atomic E-state index is -4.91. The Bertz CT molecular complexity index is 1780. The van der Waals surface area contributed by atoms with Gasteiger partial charge < -0.3 is 34.2 Å². The highest BCUT2D eigenvalue weighted by atomic mass is 31.2. The van der Waals surface area contributed by atoms with Crippen LogP contribution >= 0.6 is 15.6 Å². The number of carbonyl (C=O) groups is 3. The Labute approximate surface area is 490 Å². The quantitative estimate of drug-likeness (QED) is 0.0146. The van der Waals surface area contributed by atoms with E-state index in [4.69, 9.17) is 32.3 Å². The first kappa shape index (κ1) is 78.0. The number of hydrogen-bond donors (Lipinski definition) is 4. The summed E-state index contributed by atoms with van der Waals surface area (Å²) in [5.41, 5.74) is 0. The summed E-state index contributed by atoms with van der Waals surface area (Å²) in [6.07, 6.45) is 56.9. The van der Waals surface area contributed by atoms with Gasteiger partial charge >= 0.3 is 33.6 Å². The van der Waals surface area contributed by atoms with E-state index < -0.39 is 91.5 Å². The van der Waals surface area contributed by atoms with Gasteiger partial charge in [0.2, 0.25) is 0 Å². The number of aliphatic hydroxyl groups is 2. The number of unbranched alkanes of at least 4 members (excludes halogenated alkanes) is 24. The second-order valence-electron chi connectivity index (χ2n) is 20.8. The van der Waals surface area contributed by atoms with Crippen molar-refractivity contribution in [3.05, 3.63) is 72.9 Å². The molecule has 4 N–H and O–H groups in total. The zero-order valence-corrected chi connectivity index (χ0v) is 52.2. The molecule has 16 nitrogen and oxygen atoms in total. The molecule has 0 aliphatic heterocycles. The largest absolute Gasteiger partial charge is 0.472 e. The topological polar surface area (TPSA) is 231 Å². The van der Waals surface area contributed by atoms with E-state index in [1.807, 2.05) is 0 Å². The Hall–Kier alpha value is -3.01. The smallest absolute Gasteiger partial charge is 0.463 e. The van der Waals surface area contributed by atoms with Crippen molar-refractivity contribution in [1.29, 1.82) is 0 Å². The van der Waals surface area contributed by atoms with Crippen LogP contribution in [-0.2, 0) is 55.8 Å². The zero-order valence-electron chi connectivity index (χ0n) is 50.4. The summed E-state index contributed by atoms with van der Waals surface area (Å²) >= 11 is 0. The third kappa shape index (κ3) is 58.6. The molecule has 0 bridgehead atoms. The number of ether oxygens (including phenoxy) is 3. The van der Waals surface area contributed by atoms with E-state index in [1.165, 1.54) is 83.5 Å².